The Morgan fingerprint density at radius 2 is 1.98 bits per heavy atom. The molecule has 43 heavy (non-hydrogen) atoms. The number of hydrogen-bond donors (Lipinski definition) is 2. The van der Waals surface area contributed by atoms with Crippen LogP contribution in [0.5, 0.6) is 17.2 Å². The van der Waals surface area contributed by atoms with Crippen molar-refractivity contribution in [2.75, 3.05) is 50.1 Å². The third kappa shape index (κ3) is 5.96. The molecule has 1 unspecified atom stereocenters. The van der Waals surface area contributed by atoms with Gasteiger partial charge in [-0.05, 0) is 48.7 Å². The van der Waals surface area contributed by atoms with E-state index in [0.717, 1.165) is 90.8 Å². The molecule has 9 nitrogen and oxygen atoms in total. The molecule has 2 fully saturated rings. The Balaban J connectivity index is 0.996. The third-order valence-corrected chi connectivity index (χ3v) is 8.75. The van der Waals surface area contributed by atoms with Crippen LogP contribution in [0.2, 0.25) is 0 Å². The average Bonchev–Trinajstić information content (AvgIpc) is 3.05. The average molecular weight is 580 g/mol. The number of methoxy groups -OCH3 is 1. The van der Waals surface area contributed by atoms with Crippen LogP contribution in [0.25, 0.3) is 0 Å². The first-order valence-electron chi connectivity index (χ1n) is 15.1. The molecule has 0 saturated carbocycles. The molecule has 0 amide bonds. The fourth-order valence-electron chi connectivity index (χ4n) is 6.49. The van der Waals surface area contributed by atoms with Gasteiger partial charge >= 0.3 is 0 Å². The van der Waals surface area contributed by atoms with Gasteiger partial charge in [-0.3, -0.25) is 14.7 Å². The Labute approximate surface area is 251 Å². The number of pyridine rings is 2. The van der Waals surface area contributed by atoms with E-state index in [1.165, 1.54) is 5.56 Å². The highest BCUT2D eigenvalue weighted by molar-refractivity contribution is 5.59. The quantitative estimate of drug-likeness (QED) is 0.274. The van der Waals surface area contributed by atoms with Gasteiger partial charge in [0, 0.05) is 97.9 Å². The number of morpholine rings is 1. The van der Waals surface area contributed by atoms with Crippen LogP contribution in [0.15, 0.2) is 78.0 Å². The number of hydrogen-bond acceptors (Lipinski definition) is 8. The van der Waals surface area contributed by atoms with E-state index in [1.54, 1.807) is 25.6 Å². The lowest BCUT2D eigenvalue weighted by Gasteiger charge is -2.36. The molecular weight excluding hydrogens is 542 g/mol. The SMILES string of the molecule is COc1ccncc1CN1CCC(Nc2ccc3c(c2)Cc2cccc(C4CN(c5cc[nH]c(=O)c5)CCO4)c2O3)CC1. The Bertz CT molecular complexity index is 1650. The number of benzene rings is 2. The number of nitrogens with zero attached hydrogens (tertiary/aromatic N) is 3. The summed E-state index contributed by atoms with van der Waals surface area (Å²) < 4.78 is 18.3. The summed E-state index contributed by atoms with van der Waals surface area (Å²) in [6.07, 6.45) is 8.20. The number of rotatable bonds is 7. The second-order valence-electron chi connectivity index (χ2n) is 11.5. The summed E-state index contributed by atoms with van der Waals surface area (Å²) in [6.45, 7) is 4.91. The second kappa shape index (κ2) is 12.1. The van der Waals surface area contributed by atoms with E-state index >= 15 is 0 Å². The van der Waals surface area contributed by atoms with Gasteiger partial charge in [0.05, 0.1) is 13.7 Å². The van der Waals surface area contributed by atoms with Crippen molar-refractivity contribution in [2.24, 2.45) is 0 Å². The maximum atomic E-state index is 11.9. The van der Waals surface area contributed by atoms with E-state index in [4.69, 9.17) is 14.2 Å². The van der Waals surface area contributed by atoms with E-state index in [0.29, 0.717) is 19.2 Å². The number of aromatic amines is 1. The maximum Gasteiger partial charge on any atom is 0.249 e. The first kappa shape index (κ1) is 27.5. The van der Waals surface area contributed by atoms with Gasteiger partial charge in [0.1, 0.15) is 23.4 Å². The monoisotopic (exact) mass is 579 g/mol. The van der Waals surface area contributed by atoms with Crippen LogP contribution in [0.1, 0.15) is 41.2 Å². The zero-order chi connectivity index (χ0) is 29.2. The molecule has 222 valence electrons. The Kier molecular flexibility index (Phi) is 7.74. The number of aromatic nitrogens is 2. The summed E-state index contributed by atoms with van der Waals surface area (Å²) in [4.78, 5) is 23.5. The van der Waals surface area contributed by atoms with Gasteiger partial charge < -0.3 is 29.4 Å². The predicted molar refractivity (Wildman–Crippen MR) is 166 cm³/mol. The molecule has 4 aromatic rings. The number of nitrogens with one attached hydrogen (secondary N) is 2. The molecule has 3 aliphatic heterocycles. The zero-order valence-electron chi connectivity index (χ0n) is 24.4. The topological polar surface area (TPSA) is 92.0 Å². The number of fused-ring (bicyclic) bond motifs is 2. The lowest BCUT2D eigenvalue weighted by atomic mass is 9.95. The lowest BCUT2D eigenvalue weighted by Crippen LogP contribution is -2.39. The predicted octanol–water partition coefficient (Wildman–Crippen LogP) is 5.13. The molecule has 2 N–H and O–H groups in total. The van der Waals surface area contributed by atoms with Crippen LogP contribution in [0, 0.1) is 0 Å². The molecule has 2 aromatic heterocycles. The van der Waals surface area contributed by atoms with E-state index in [2.05, 4.69) is 61.5 Å². The van der Waals surface area contributed by atoms with Crippen LogP contribution >= 0.6 is 0 Å². The highest BCUT2D eigenvalue weighted by Gasteiger charge is 2.29. The summed E-state index contributed by atoms with van der Waals surface area (Å²) in [5, 5.41) is 3.78. The molecule has 0 aliphatic carbocycles. The Morgan fingerprint density at radius 3 is 2.84 bits per heavy atom. The van der Waals surface area contributed by atoms with Gasteiger partial charge in [0.2, 0.25) is 5.56 Å². The third-order valence-electron chi connectivity index (χ3n) is 8.75. The molecule has 1 atom stereocenters. The van der Waals surface area contributed by atoms with Gasteiger partial charge in [-0.1, -0.05) is 18.2 Å². The molecule has 5 heterocycles. The summed E-state index contributed by atoms with van der Waals surface area (Å²) >= 11 is 0. The minimum atomic E-state index is -0.143. The standard InChI is InChI=1S/C34H37N5O4/c1-41-30-8-11-35-20-25(30)21-38-13-9-26(10-14-38)37-27-5-6-31-24(18-27)17-23-3-2-4-29(34(23)43-31)32-22-39(15-16-42-32)28-7-12-36-33(40)19-28/h2-8,11-12,18-20,26,32,37H,9-10,13-17,21-22H2,1H3,(H,36,40). The van der Waals surface area contributed by atoms with Crippen molar-refractivity contribution >= 4 is 11.4 Å². The minimum Gasteiger partial charge on any atom is -0.496 e. The van der Waals surface area contributed by atoms with Gasteiger partial charge in [0.15, 0.2) is 0 Å². The van der Waals surface area contributed by atoms with Crippen molar-refractivity contribution in [3.63, 3.8) is 0 Å². The van der Waals surface area contributed by atoms with Crippen LogP contribution in [0.4, 0.5) is 11.4 Å². The van der Waals surface area contributed by atoms with Crippen molar-refractivity contribution in [3.8, 4) is 17.2 Å². The maximum absolute atomic E-state index is 11.9. The van der Waals surface area contributed by atoms with Crippen molar-refractivity contribution < 1.29 is 14.2 Å². The number of likely N-dealkylation sites (tertiary alicyclic amines) is 1. The van der Waals surface area contributed by atoms with E-state index < -0.39 is 0 Å². The summed E-state index contributed by atoms with van der Waals surface area (Å²) in [6, 6.07) is 18.7. The number of piperidine rings is 1. The molecule has 2 aromatic carbocycles. The highest BCUT2D eigenvalue weighted by atomic mass is 16.5. The Hall–Kier alpha value is -4.34. The van der Waals surface area contributed by atoms with E-state index in [9.17, 15) is 4.79 Å². The smallest absolute Gasteiger partial charge is 0.249 e. The first-order chi connectivity index (χ1) is 21.1. The number of anilines is 2. The molecule has 2 saturated heterocycles. The summed E-state index contributed by atoms with van der Waals surface area (Å²) in [5.74, 6) is 2.69. The van der Waals surface area contributed by atoms with Gasteiger partial charge in [-0.25, -0.2) is 0 Å². The molecule has 0 radical (unpaired) electrons. The number of H-pyrrole nitrogens is 1. The van der Waals surface area contributed by atoms with Crippen molar-refractivity contribution in [1.29, 1.82) is 0 Å². The van der Waals surface area contributed by atoms with Crippen molar-refractivity contribution in [3.05, 3.63) is 106 Å². The largest absolute Gasteiger partial charge is 0.496 e. The minimum absolute atomic E-state index is 0.0984. The lowest BCUT2D eigenvalue weighted by molar-refractivity contribution is 0.0384. The normalized spacial score (nSPS) is 18.8. The summed E-state index contributed by atoms with van der Waals surface area (Å²) in [7, 11) is 1.71. The second-order valence-corrected chi connectivity index (χ2v) is 11.5. The van der Waals surface area contributed by atoms with Crippen molar-refractivity contribution in [2.45, 2.75) is 38.0 Å². The molecule has 3 aliphatic rings. The first-order valence-corrected chi connectivity index (χ1v) is 15.1. The molecule has 0 bridgehead atoms. The van der Waals surface area contributed by atoms with Crippen molar-refractivity contribution in [1.82, 2.24) is 14.9 Å². The molecule has 7 rings (SSSR count). The van der Waals surface area contributed by atoms with Crippen LogP contribution in [-0.2, 0) is 17.7 Å². The number of para-hydroxylation sites is 1. The van der Waals surface area contributed by atoms with E-state index in [1.807, 2.05) is 18.3 Å². The van der Waals surface area contributed by atoms with Crippen LogP contribution in [0.3, 0.4) is 0 Å². The van der Waals surface area contributed by atoms with Crippen LogP contribution in [-0.4, -0.2) is 60.8 Å². The Morgan fingerprint density at radius 1 is 1.07 bits per heavy atom. The fraction of sp³-hybridized carbons (Fsp3) is 0.353. The highest BCUT2D eigenvalue weighted by Crippen LogP contribution is 2.43. The molecule has 0 spiro atoms. The summed E-state index contributed by atoms with van der Waals surface area (Å²) in [5.41, 5.74) is 6.48. The number of ether oxygens (including phenoxy) is 3. The molecular formula is C34H37N5O4. The van der Waals surface area contributed by atoms with Gasteiger partial charge in [-0.15, -0.1) is 0 Å². The zero-order valence-corrected chi connectivity index (χ0v) is 24.4. The van der Waals surface area contributed by atoms with Crippen LogP contribution < -0.4 is 25.2 Å². The molecule has 9 heteroatoms. The fourth-order valence-corrected chi connectivity index (χ4v) is 6.49. The van der Waals surface area contributed by atoms with E-state index in [-0.39, 0.29) is 11.7 Å². The van der Waals surface area contributed by atoms with Gasteiger partial charge in [-0.2, -0.15) is 0 Å². The van der Waals surface area contributed by atoms with Gasteiger partial charge in [0.25, 0.3) is 0 Å².